The Labute approximate surface area is 127 Å². The second kappa shape index (κ2) is 8.40. The third-order valence-corrected chi connectivity index (χ3v) is 3.08. The Morgan fingerprint density at radius 3 is 2.62 bits per heavy atom. The number of likely N-dealkylation sites (N-methyl/N-ethyl adjacent to an activating group) is 2. The van der Waals surface area contributed by atoms with Gasteiger partial charge in [-0.2, -0.15) is 0 Å². The van der Waals surface area contributed by atoms with Crippen molar-refractivity contribution in [3.05, 3.63) is 29.6 Å². The number of hydrogen-bond donors (Lipinski definition) is 1. The lowest BCUT2D eigenvalue weighted by Crippen LogP contribution is -2.44. The normalized spacial score (nSPS) is 11.7. The molecular formula is C16H24N4O. The number of amides is 1. The zero-order valence-electron chi connectivity index (χ0n) is 13.3. The van der Waals surface area contributed by atoms with Crippen LogP contribution in [0.1, 0.15) is 29.9 Å². The summed E-state index contributed by atoms with van der Waals surface area (Å²) in [7, 11) is 4.00. The summed E-state index contributed by atoms with van der Waals surface area (Å²) in [5, 5.41) is 0. The summed E-state index contributed by atoms with van der Waals surface area (Å²) in [6.07, 6.45) is 1.61. The van der Waals surface area contributed by atoms with Crippen molar-refractivity contribution < 1.29 is 4.79 Å². The molecule has 0 bridgehead atoms. The van der Waals surface area contributed by atoms with Gasteiger partial charge in [-0.05, 0) is 40.1 Å². The largest absolute Gasteiger partial charge is 0.334 e. The number of hydrogen-bond acceptors (Lipinski definition) is 4. The lowest BCUT2D eigenvalue weighted by Gasteiger charge is -2.29. The van der Waals surface area contributed by atoms with E-state index in [0.29, 0.717) is 18.8 Å². The first-order valence-corrected chi connectivity index (χ1v) is 7.10. The number of carbonyl (C=O) groups is 1. The van der Waals surface area contributed by atoms with Crippen LogP contribution in [0, 0.1) is 11.8 Å². The van der Waals surface area contributed by atoms with Crippen LogP contribution in [0.3, 0.4) is 0 Å². The highest BCUT2D eigenvalue weighted by Crippen LogP contribution is 2.08. The van der Waals surface area contributed by atoms with Gasteiger partial charge in [-0.1, -0.05) is 11.8 Å². The first kappa shape index (κ1) is 17.2. The SMILES string of the molecule is CCN(C(=O)c1ccc(C#CCN)cn1)C(C)CN(C)C. The average molecular weight is 288 g/mol. The molecule has 1 heterocycles. The van der Waals surface area contributed by atoms with Crippen molar-refractivity contribution in [2.45, 2.75) is 19.9 Å². The molecular weight excluding hydrogens is 264 g/mol. The number of aromatic nitrogens is 1. The number of nitrogens with two attached hydrogens (primary N) is 1. The Hall–Kier alpha value is -1.90. The summed E-state index contributed by atoms with van der Waals surface area (Å²) < 4.78 is 0. The zero-order chi connectivity index (χ0) is 15.8. The van der Waals surface area contributed by atoms with E-state index in [0.717, 1.165) is 12.1 Å². The van der Waals surface area contributed by atoms with Crippen molar-refractivity contribution in [2.75, 3.05) is 33.7 Å². The molecule has 0 fully saturated rings. The highest BCUT2D eigenvalue weighted by Gasteiger charge is 2.21. The Kier molecular flexibility index (Phi) is 6.86. The standard InChI is InChI=1S/C16H24N4O/c1-5-20(13(2)12-19(3)4)16(21)15-9-8-14(11-18-15)7-6-10-17/h8-9,11,13H,5,10,12,17H2,1-4H3. The topological polar surface area (TPSA) is 62.5 Å². The molecule has 1 unspecified atom stereocenters. The molecule has 1 amide bonds. The lowest BCUT2D eigenvalue weighted by atomic mass is 10.2. The van der Waals surface area contributed by atoms with Gasteiger partial charge < -0.3 is 15.5 Å². The molecule has 5 heteroatoms. The van der Waals surface area contributed by atoms with Gasteiger partial charge in [0.2, 0.25) is 0 Å². The van der Waals surface area contributed by atoms with Crippen molar-refractivity contribution >= 4 is 5.91 Å². The number of rotatable bonds is 5. The molecule has 0 spiro atoms. The van der Waals surface area contributed by atoms with Crippen LogP contribution in [0.2, 0.25) is 0 Å². The fourth-order valence-electron chi connectivity index (χ4n) is 2.18. The molecule has 1 atom stereocenters. The minimum Gasteiger partial charge on any atom is -0.334 e. The van der Waals surface area contributed by atoms with Gasteiger partial charge in [-0.3, -0.25) is 4.79 Å². The van der Waals surface area contributed by atoms with Crippen LogP contribution in [0.15, 0.2) is 18.3 Å². The molecule has 21 heavy (non-hydrogen) atoms. The fraction of sp³-hybridized carbons (Fsp3) is 0.500. The summed E-state index contributed by atoms with van der Waals surface area (Å²) in [4.78, 5) is 20.6. The second-order valence-corrected chi connectivity index (χ2v) is 5.14. The highest BCUT2D eigenvalue weighted by atomic mass is 16.2. The van der Waals surface area contributed by atoms with Crippen LogP contribution in [0.25, 0.3) is 0 Å². The Morgan fingerprint density at radius 1 is 1.43 bits per heavy atom. The average Bonchev–Trinajstić information content (AvgIpc) is 2.45. The van der Waals surface area contributed by atoms with E-state index in [9.17, 15) is 4.79 Å². The van der Waals surface area contributed by atoms with Crippen LogP contribution >= 0.6 is 0 Å². The van der Waals surface area contributed by atoms with E-state index >= 15 is 0 Å². The van der Waals surface area contributed by atoms with Gasteiger partial charge >= 0.3 is 0 Å². The van der Waals surface area contributed by atoms with E-state index < -0.39 is 0 Å². The maximum atomic E-state index is 12.5. The van der Waals surface area contributed by atoms with E-state index in [-0.39, 0.29) is 11.9 Å². The third-order valence-electron chi connectivity index (χ3n) is 3.08. The summed E-state index contributed by atoms with van der Waals surface area (Å²) in [5.41, 5.74) is 6.54. The Balaban J connectivity index is 2.85. The minimum absolute atomic E-state index is 0.0508. The van der Waals surface area contributed by atoms with Crippen molar-refractivity contribution in [1.29, 1.82) is 0 Å². The minimum atomic E-state index is -0.0508. The summed E-state index contributed by atoms with van der Waals surface area (Å²) in [6, 6.07) is 3.65. The van der Waals surface area contributed by atoms with Gasteiger partial charge in [-0.15, -0.1) is 0 Å². The molecule has 114 valence electrons. The number of carbonyl (C=O) groups excluding carboxylic acids is 1. The quantitative estimate of drug-likeness (QED) is 0.814. The first-order chi connectivity index (χ1) is 9.99. The molecule has 0 saturated carbocycles. The van der Waals surface area contributed by atoms with E-state index in [1.54, 1.807) is 18.3 Å². The van der Waals surface area contributed by atoms with Gasteiger partial charge in [0.15, 0.2) is 0 Å². The molecule has 0 radical (unpaired) electrons. The van der Waals surface area contributed by atoms with Crippen LogP contribution < -0.4 is 5.73 Å². The molecule has 1 aromatic heterocycles. The Morgan fingerprint density at radius 2 is 2.14 bits per heavy atom. The van der Waals surface area contributed by atoms with Crippen molar-refractivity contribution in [3.63, 3.8) is 0 Å². The van der Waals surface area contributed by atoms with Gasteiger partial charge in [0.05, 0.1) is 6.54 Å². The third kappa shape index (κ3) is 5.18. The second-order valence-electron chi connectivity index (χ2n) is 5.14. The number of pyridine rings is 1. The van der Waals surface area contributed by atoms with Crippen LogP contribution in [-0.2, 0) is 0 Å². The van der Waals surface area contributed by atoms with Crippen LogP contribution in [0.5, 0.6) is 0 Å². The van der Waals surface area contributed by atoms with Gasteiger partial charge in [0, 0.05) is 30.9 Å². The van der Waals surface area contributed by atoms with Gasteiger partial charge in [0.1, 0.15) is 5.69 Å². The monoisotopic (exact) mass is 288 g/mol. The molecule has 1 rings (SSSR count). The molecule has 0 aliphatic heterocycles. The van der Waals surface area contributed by atoms with E-state index in [4.69, 9.17) is 5.73 Å². The van der Waals surface area contributed by atoms with Crippen molar-refractivity contribution in [1.82, 2.24) is 14.8 Å². The molecule has 2 N–H and O–H groups in total. The predicted octanol–water partition coefficient (Wildman–Crippen LogP) is 0.804. The van der Waals surface area contributed by atoms with Crippen molar-refractivity contribution in [2.24, 2.45) is 5.73 Å². The van der Waals surface area contributed by atoms with E-state index in [2.05, 4.69) is 21.7 Å². The highest BCUT2D eigenvalue weighted by molar-refractivity contribution is 5.92. The number of nitrogens with zero attached hydrogens (tertiary/aromatic N) is 3. The van der Waals surface area contributed by atoms with Gasteiger partial charge in [0.25, 0.3) is 5.91 Å². The summed E-state index contributed by atoms with van der Waals surface area (Å²) >= 11 is 0. The van der Waals surface area contributed by atoms with Crippen molar-refractivity contribution in [3.8, 4) is 11.8 Å². The summed E-state index contributed by atoms with van der Waals surface area (Å²) in [5.74, 6) is 5.61. The first-order valence-electron chi connectivity index (χ1n) is 7.10. The van der Waals surface area contributed by atoms with Crippen LogP contribution in [0.4, 0.5) is 0 Å². The smallest absolute Gasteiger partial charge is 0.272 e. The maximum absolute atomic E-state index is 12.5. The summed E-state index contributed by atoms with van der Waals surface area (Å²) in [6.45, 7) is 5.81. The van der Waals surface area contributed by atoms with E-state index in [1.807, 2.05) is 32.8 Å². The van der Waals surface area contributed by atoms with Crippen LogP contribution in [-0.4, -0.2) is 60.5 Å². The molecule has 0 saturated heterocycles. The molecule has 0 aromatic carbocycles. The predicted molar refractivity (Wildman–Crippen MR) is 84.9 cm³/mol. The lowest BCUT2D eigenvalue weighted by molar-refractivity contribution is 0.0673. The zero-order valence-corrected chi connectivity index (χ0v) is 13.3. The maximum Gasteiger partial charge on any atom is 0.272 e. The molecule has 0 aliphatic carbocycles. The molecule has 5 nitrogen and oxygen atoms in total. The van der Waals surface area contributed by atoms with Gasteiger partial charge in [-0.25, -0.2) is 4.98 Å². The Bertz CT molecular complexity index is 513. The fourth-order valence-corrected chi connectivity index (χ4v) is 2.18. The molecule has 1 aromatic rings. The molecule has 0 aliphatic rings. The van der Waals surface area contributed by atoms with E-state index in [1.165, 1.54) is 0 Å².